The highest BCUT2D eigenvalue weighted by Gasteiger charge is 2.06. The second-order valence-electron chi connectivity index (χ2n) is 3.12. The average molecular weight is 195 g/mol. The van der Waals surface area contributed by atoms with E-state index >= 15 is 0 Å². The summed E-state index contributed by atoms with van der Waals surface area (Å²) in [6.07, 6.45) is 8.62. The van der Waals surface area contributed by atoms with E-state index in [9.17, 15) is 0 Å². The van der Waals surface area contributed by atoms with Gasteiger partial charge in [-0.1, -0.05) is 37.8 Å². The predicted molar refractivity (Wildman–Crippen MR) is 62.3 cm³/mol. The highest BCUT2D eigenvalue weighted by atomic mass is 16.3. The fourth-order valence-corrected chi connectivity index (χ4v) is 1.33. The molecule has 2 N–H and O–H groups in total. The summed E-state index contributed by atoms with van der Waals surface area (Å²) < 4.78 is 0. The average Bonchev–Trinajstić information content (AvgIpc) is 2.18. The van der Waals surface area contributed by atoms with E-state index in [-0.39, 0.29) is 12.6 Å². The SMILES string of the molecule is C=C/C=C(\C=C/C)C[C@@H](CO)NCC. The lowest BCUT2D eigenvalue weighted by atomic mass is 10.1. The molecule has 0 saturated heterocycles. The van der Waals surface area contributed by atoms with Crippen molar-refractivity contribution >= 4 is 0 Å². The zero-order valence-electron chi connectivity index (χ0n) is 9.16. The summed E-state index contributed by atoms with van der Waals surface area (Å²) in [4.78, 5) is 0. The number of allylic oxidation sites excluding steroid dienone is 4. The largest absolute Gasteiger partial charge is 0.395 e. The van der Waals surface area contributed by atoms with E-state index in [4.69, 9.17) is 5.11 Å². The van der Waals surface area contributed by atoms with Gasteiger partial charge in [0.15, 0.2) is 0 Å². The minimum absolute atomic E-state index is 0.141. The Morgan fingerprint density at radius 1 is 1.57 bits per heavy atom. The molecule has 0 bridgehead atoms. The quantitative estimate of drug-likeness (QED) is 0.609. The van der Waals surface area contributed by atoms with Gasteiger partial charge in [-0.15, -0.1) is 0 Å². The molecule has 2 heteroatoms. The molecule has 0 aromatic carbocycles. The van der Waals surface area contributed by atoms with Gasteiger partial charge < -0.3 is 10.4 Å². The Hall–Kier alpha value is -0.860. The molecule has 0 fully saturated rings. The van der Waals surface area contributed by atoms with Crippen molar-refractivity contribution in [3.05, 3.63) is 36.5 Å². The van der Waals surface area contributed by atoms with E-state index in [0.717, 1.165) is 13.0 Å². The number of aliphatic hydroxyl groups is 1. The second-order valence-corrected chi connectivity index (χ2v) is 3.12. The molecule has 2 nitrogen and oxygen atoms in total. The molecule has 0 saturated carbocycles. The molecule has 14 heavy (non-hydrogen) atoms. The molecular formula is C12H21NO. The smallest absolute Gasteiger partial charge is 0.0587 e. The first-order valence-electron chi connectivity index (χ1n) is 5.07. The van der Waals surface area contributed by atoms with Crippen LogP contribution in [0.5, 0.6) is 0 Å². The van der Waals surface area contributed by atoms with E-state index in [1.807, 2.05) is 32.1 Å². The van der Waals surface area contributed by atoms with E-state index in [1.54, 1.807) is 6.08 Å². The van der Waals surface area contributed by atoms with Crippen LogP contribution in [0.1, 0.15) is 20.3 Å². The van der Waals surface area contributed by atoms with Crippen molar-refractivity contribution in [3.63, 3.8) is 0 Å². The van der Waals surface area contributed by atoms with E-state index in [2.05, 4.69) is 11.9 Å². The Balaban J connectivity index is 4.25. The maximum Gasteiger partial charge on any atom is 0.0587 e. The molecule has 0 radical (unpaired) electrons. The summed E-state index contributed by atoms with van der Waals surface area (Å²) in [6, 6.07) is 0.141. The minimum atomic E-state index is 0.141. The second kappa shape index (κ2) is 8.73. The first-order chi connectivity index (χ1) is 6.78. The van der Waals surface area contributed by atoms with Crippen LogP contribution in [-0.2, 0) is 0 Å². The molecule has 0 spiro atoms. The van der Waals surface area contributed by atoms with Gasteiger partial charge in [0, 0.05) is 6.04 Å². The molecule has 0 rings (SSSR count). The minimum Gasteiger partial charge on any atom is -0.395 e. The third-order valence-electron chi connectivity index (χ3n) is 1.91. The normalized spacial score (nSPS) is 14.6. The highest BCUT2D eigenvalue weighted by Crippen LogP contribution is 2.07. The highest BCUT2D eigenvalue weighted by molar-refractivity contribution is 5.23. The summed E-state index contributed by atoms with van der Waals surface area (Å²) in [7, 11) is 0. The molecule has 0 aromatic rings. The van der Waals surface area contributed by atoms with Crippen molar-refractivity contribution in [1.82, 2.24) is 5.32 Å². The third kappa shape index (κ3) is 5.73. The zero-order chi connectivity index (χ0) is 10.8. The van der Waals surface area contributed by atoms with Crippen LogP contribution in [0.15, 0.2) is 36.5 Å². The van der Waals surface area contributed by atoms with Crippen molar-refractivity contribution in [2.24, 2.45) is 0 Å². The van der Waals surface area contributed by atoms with E-state index in [1.165, 1.54) is 5.57 Å². The maximum absolute atomic E-state index is 9.10. The van der Waals surface area contributed by atoms with Crippen molar-refractivity contribution in [1.29, 1.82) is 0 Å². The van der Waals surface area contributed by atoms with Crippen LogP contribution in [-0.4, -0.2) is 24.3 Å². The van der Waals surface area contributed by atoms with Crippen molar-refractivity contribution in [2.45, 2.75) is 26.3 Å². The Labute approximate surface area is 87.0 Å². The topological polar surface area (TPSA) is 32.3 Å². The van der Waals surface area contributed by atoms with Gasteiger partial charge in [-0.2, -0.15) is 0 Å². The number of rotatable bonds is 7. The lowest BCUT2D eigenvalue weighted by molar-refractivity contribution is 0.244. The maximum atomic E-state index is 9.10. The summed E-state index contributed by atoms with van der Waals surface area (Å²) in [5, 5.41) is 12.3. The molecule has 0 unspecified atom stereocenters. The van der Waals surface area contributed by atoms with Crippen LogP contribution in [0.3, 0.4) is 0 Å². The van der Waals surface area contributed by atoms with Gasteiger partial charge in [-0.05, 0) is 25.5 Å². The van der Waals surface area contributed by atoms with Gasteiger partial charge in [0.1, 0.15) is 0 Å². The fraction of sp³-hybridized carbons (Fsp3) is 0.500. The summed E-state index contributed by atoms with van der Waals surface area (Å²) in [5.41, 5.74) is 1.18. The van der Waals surface area contributed by atoms with Gasteiger partial charge in [0.25, 0.3) is 0 Å². The van der Waals surface area contributed by atoms with Gasteiger partial charge >= 0.3 is 0 Å². The van der Waals surface area contributed by atoms with Gasteiger partial charge in [0.2, 0.25) is 0 Å². The molecule has 80 valence electrons. The standard InChI is InChI=1S/C12H21NO/c1-4-7-11(8-5-2)9-12(10-14)13-6-3/h4-5,7-8,12-14H,1,6,9-10H2,2-3H3/b8-5-,11-7+/t12-/m0/s1. The van der Waals surface area contributed by atoms with Gasteiger partial charge in [0.05, 0.1) is 6.61 Å². The first kappa shape index (κ1) is 13.1. The van der Waals surface area contributed by atoms with Gasteiger partial charge in [-0.25, -0.2) is 0 Å². The molecule has 0 aromatic heterocycles. The molecule has 0 amide bonds. The Bertz CT molecular complexity index is 206. The Kier molecular flexibility index (Phi) is 8.19. The van der Waals surface area contributed by atoms with Crippen LogP contribution in [0.4, 0.5) is 0 Å². The lowest BCUT2D eigenvalue weighted by Gasteiger charge is -2.15. The predicted octanol–water partition coefficient (Wildman–Crippen LogP) is 2.04. The summed E-state index contributed by atoms with van der Waals surface area (Å²) >= 11 is 0. The zero-order valence-corrected chi connectivity index (χ0v) is 9.16. The van der Waals surface area contributed by atoms with Gasteiger partial charge in [-0.3, -0.25) is 0 Å². The van der Waals surface area contributed by atoms with Crippen molar-refractivity contribution < 1.29 is 5.11 Å². The molecule has 0 aliphatic carbocycles. The molecule has 0 aliphatic heterocycles. The fourth-order valence-electron chi connectivity index (χ4n) is 1.33. The number of likely N-dealkylation sites (N-methyl/N-ethyl adjacent to an activating group) is 1. The van der Waals surface area contributed by atoms with Crippen LogP contribution >= 0.6 is 0 Å². The van der Waals surface area contributed by atoms with Crippen molar-refractivity contribution in [2.75, 3.05) is 13.2 Å². The van der Waals surface area contributed by atoms with Crippen LogP contribution < -0.4 is 5.32 Å². The third-order valence-corrected chi connectivity index (χ3v) is 1.91. The monoisotopic (exact) mass is 195 g/mol. The molecule has 0 aliphatic rings. The number of nitrogens with one attached hydrogen (secondary N) is 1. The summed E-state index contributed by atoms with van der Waals surface area (Å²) in [5.74, 6) is 0. The number of hydrogen-bond donors (Lipinski definition) is 2. The number of aliphatic hydroxyl groups excluding tert-OH is 1. The van der Waals surface area contributed by atoms with Crippen LogP contribution in [0.25, 0.3) is 0 Å². The Morgan fingerprint density at radius 2 is 2.29 bits per heavy atom. The molecule has 0 heterocycles. The lowest BCUT2D eigenvalue weighted by Crippen LogP contribution is -2.32. The van der Waals surface area contributed by atoms with Crippen LogP contribution in [0.2, 0.25) is 0 Å². The summed E-state index contributed by atoms with van der Waals surface area (Å²) in [6.45, 7) is 8.73. The molecule has 1 atom stereocenters. The van der Waals surface area contributed by atoms with Crippen molar-refractivity contribution in [3.8, 4) is 0 Å². The van der Waals surface area contributed by atoms with E-state index in [0.29, 0.717) is 0 Å². The Morgan fingerprint density at radius 3 is 2.71 bits per heavy atom. The number of hydrogen-bond acceptors (Lipinski definition) is 2. The molecular weight excluding hydrogens is 174 g/mol. The van der Waals surface area contributed by atoms with Crippen LogP contribution in [0, 0.1) is 0 Å². The first-order valence-corrected chi connectivity index (χ1v) is 5.07. The van der Waals surface area contributed by atoms with E-state index < -0.39 is 0 Å².